The molecule has 1 N–H and O–H groups in total. The third-order valence-corrected chi connectivity index (χ3v) is 7.92. The van der Waals surface area contributed by atoms with Crippen LogP contribution in [0, 0.1) is 0 Å². The molecule has 0 aliphatic carbocycles. The standard InChI is InChI=1S/C32H31F3N6O3S/c1-20(2)27-17-26(43-4)13-14-28(27)40-15-16-45-31(40)38-30(42)36-18-21(3)22-5-7-23(8-6-22)29-37-19-41(39-29)24-9-11-25(12-10-24)44-32(33,34)35/h5-14,17-20H,15-16H2,1-4H3,(H,36,42)/b21-18+,38-31-. The van der Waals surface area contributed by atoms with Gasteiger partial charge >= 0.3 is 12.4 Å². The van der Waals surface area contributed by atoms with E-state index in [1.807, 2.05) is 49.4 Å². The molecule has 4 aromatic rings. The van der Waals surface area contributed by atoms with Crippen LogP contribution in [0.4, 0.5) is 23.7 Å². The molecule has 0 bridgehead atoms. The first-order valence-electron chi connectivity index (χ1n) is 14.0. The molecule has 1 saturated heterocycles. The number of ether oxygens (including phenoxy) is 2. The van der Waals surface area contributed by atoms with Crippen LogP contribution in [0.2, 0.25) is 0 Å². The van der Waals surface area contributed by atoms with Crippen LogP contribution in [0.1, 0.15) is 37.8 Å². The smallest absolute Gasteiger partial charge is 0.497 e. The van der Waals surface area contributed by atoms with Gasteiger partial charge in [-0.15, -0.1) is 18.3 Å². The number of nitrogens with zero attached hydrogens (tertiary/aromatic N) is 5. The van der Waals surface area contributed by atoms with Crippen LogP contribution in [0.15, 0.2) is 84.2 Å². The zero-order valence-corrected chi connectivity index (χ0v) is 25.8. The lowest BCUT2D eigenvalue weighted by atomic mass is 10.00. The Morgan fingerprint density at radius 2 is 1.78 bits per heavy atom. The van der Waals surface area contributed by atoms with Crippen molar-refractivity contribution < 1.29 is 27.4 Å². The van der Waals surface area contributed by atoms with Gasteiger partial charge in [0.2, 0.25) is 0 Å². The Morgan fingerprint density at radius 1 is 1.07 bits per heavy atom. The molecular weight excluding hydrogens is 605 g/mol. The Balaban J connectivity index is 1.23. The average molecular weight is 637 g/mol. The summed E-state index contributed by atoms with van der Waals surface area (Å²) in [5.41, 5.74) is 5.12. The lowest BCUT2D eigenvalue weighted by Crippen LogP contribution is -2.27. The Morgan fingerprint density at radius 3 is 2.44 bits per heavy atom. The normalized spacial score (nSPS) is 14.7. The fraction of sp³-hybridized carbons (Fsp3) is 0.250. The van der Waals surface area contributed by atoms with Crippen molar-refractivity contribution in [3.05, 3.63) is 90.4 Å². The summed E-state index contributed by atoms with van der Waals surface area (Å²) < 4.78 is 48.0. The highest BCUT2D eigenvalue weighted by molar-refractivity contribution is 8.14. The molecule has 0 saturated carbocycles. The van der Waals surface area contributed by atoms with Crippen LogP contribution in [-0.4, -0.2) is 51.7 Å². The minimum absolute atomic E-state index is 0.266. The number of hydrogen-bond donors (Lipinski definition) is 1. The Hall–Kier alpha value is -4.78. The molecule has 5 rings (SSSR count). The molecule has 45 heavy (non-hydrogen) atoms. The summed E-state index contributed by atoms with van der Waals surface area (Å²) in [6.45, 7) is 6.87. The van der Waals surface area contributed by atoms with Crippen molar-refractivity contribution in [2.75, 3.05) is 24.3 Å². The van der Waals surface area contributed by atoms with Gasteiger partial charge in [0, 0.05) is 29.7 Å². The van der Waals surface area contributed by atoms with E-state index in [-0.39, 0.29) is 11.7 Å². The van der Waals surface area contributed by atoms with Crippen molar-refractivity contribution in [2.45, 2.75) is 33.1 Å². The summed E-state index contributed by atoms with van der Waals surface area (Å²) in [6.07, 6.45) is -1.65. The molecule has 0 spiro atoms. The minimum atomic E-state index is -4.76. The molecule has 9 nitrogen and oxygen atoms in total. The number of halogens is 3. The summed E-state index contributed by atoms with van der Waals surface area (Å²) in [7, 11) is 1.65. The molecular formula is C32H31F3N6O3S. The van der Waals surface area contributed by atoms with E-state index >= 15 is 0 Å². The van der Waals surface area contributed by atoms with Crippen molar-refractivity contribution in [1.82, 2.24) is 20.1 Å². The average Bonchev–Trinajstić information content (AvgIpc) is 3.69. The molecule has 1 aromatic heterocycles. The van der Waals surface area contributed by atoms with E-state index in [0.717, 1.165) is 46.0 Å². The number of urea groups is 1. The fourth-order valence-electron chi connectivity index (χ4n) is 4.66. The van der Waals surface area contributed by atoms with Gasteiger partial charge in [-0.2, -0.15) is 4.99 Å². The van der Waals surface area contributed by atoms with Crippen LogP contribution in [-0.2, 0) is 0 Å². The number of amides is 2. The first-order valence-corrected chi connectivity index (χ1v) is 15.0. The second kappa shape index (κ2) is 13.5. The molecule has 2 heterocycles. The zero-order chi connectivity index (χ0) is 32.1. The number of alkyl halides is 3. The monoisotopic (exact) mass is 636 g/mol. The van der Waals surface area contributed by atoms with E-state index in [9.17, 15) is 18.0 Å². The van der Waals surface area contributed by atoms with Crippen LogP contribution in [0.5, 0.6) is 11.5 Å². The number of hydrogen-bond acceptors (Lipinski definition) is 6. The van der Waals surface area contributed by atoms with Gasteiger partial charge in [-0.1, -0.05) is 49.9 Å². The number of anilines is 1. The van der Waals surface area contributed by atoms with Gasteiger partial charge in [0.05, 0.1) is 12.8 Å². The SMILES string of the molecule is COc1ccc(N2CCS/C2=N\C(=O)N/C=C(\C)c2ccc(-c3ncn(-c4ccc(OC(F)(F)F)cc4)n3)cc2)c(C(C)C)c1. The van der Waals surface area contributed by atoms with Gasteiger partial charge in [-0.3, -0.25) is 0 Å². The van der Waals surface area contributed by atoms with E-state index in [1.54, 1.807) is 13.3 Å². The molecule has 234 valence electrons. The van der Waals surface area contributed by atoms with Crippen LogP contribution >= 0.6 is 11.8 Å². The predicted molar refractivity (Wildman–Crippen MR) is 170 cm³/mol. The fourth-order valence-corrected chi connectivity index (χ4v) is 5.61. The van der Waals surface area contributed by atoms with E-state index in [0.29, 0.717) is 16.7 Å². The van der Waals surface area contributed by atoms with Crippen LogP contribution < -0.4 is 19.7 Å². The number of amidine groups is 1. The number of allylic oxidation sites excluding steroid dienone is 1. The molecule has 2 amide bonds. The van der Waals surface area contributed by atoms with Crippen molar-refractivity contribution in [1.29, 1.82) is 0 Å². The van der Waals surface area contributed by atoms with Gasteiger partial charge < -0.3 is 19.7 Å². The maximum atomic E-state index is 12.8. The van der Waals surface area contributed by atoms with E-state index in [1.165, 1.54) is 47.0 Å². The second-order valence-electron chi connectivity index (χ2n) is 10.4. The molecule has 0 radical (unpaired) electrons. The highest BCUT2D eigenvalue weighted by atomic mass is 32.2. The number of benzene rings is 3. The molecule has 1 aliphatic rings. The maximum Gasteiger partial charge on any atom is 0.573 e. The summed E-state index contributed by atoms with van der Waals surface area (Å²) in [5.74, 6) is 2.01. The highest BCUT2D eigenvalue weighted by Gasteiger charge is 2.31. The van der Waals surface area contributed by atoms with Gasteiger partial charge in [-0.05, 0) is 72.0 Å². The Kier molecular flexibility index (Phi) is 9.47. The van der Waals surface area contributed by atoms with E-state index in [2.05, 4.69) is 43.9 Å². The predicted octanol–water partition coefficient (Wildman–Crippen LogP) is 7.64. The largest absolute Gasteiger partial charge is 0.573 e. The molecule has 0 atom stereocenters. The zero-order valence-electron chi connectivity index (χ0n) is 25.0. The summed E-state index contributed by atoms with van der Waals surface area (Å²) in [4.78, 5) is 23.5. The van der Waals surface area contributed by atoms with Crippen molar-refractivity contribution in [2.24, 2.45) is 4.99 Å². The molecule has 3 aromatic carbocycles. The first-order chi connectivity index (χ1) is 21.5. The first kappa shape index (κ1) is 31.6. The summed E-state index contributed by atoms with van der Waals surface area (Å²) >= 11 is 1.54. The number of aliphatic imine (C=N–C) groups is 1. The lowest BCUT2D eigenvalue weighted by Gasteiger charge is -2.23. The number of carbonyl (C=O) groups is 1. The lowest BCUT2D eigenvalue weighted by molar-refractivity contribution is -0.274. The highest BCUT2D eigenvalue weighted by Crippen LogP contribution is 2.35. The molecule has 1 fully saturated rings. The van der Waals surface area contributed by atoms with E-state index < -0.39 is 12.4 Å². The maximum absolute atomic E-state index is 12.8. The second-order valence-corrected chi connectivity index (χ2v) is 11.4. The quantitative estimate of drug-likeness (QED) is 0.212. The van der Waals surface area contributed by atoms with Crippen molar-refractivity contribution in [3.63, 3.8) is 0 Å². The third kappa shape index (κ3) is 7.85. The van der Waals surface area contributed by atoms with Gasteiger partial charge in [0.15, 0.2) is 11.0 Å². The minimum Gasteiger partial charge on any atom is -0.497 e. The van der Waals surface area contributed by atoms with Gasteiger partial charge in [0.1, 0.15) is 17.8 Å². The number of nitrogens with one attached hydrogen (secondary N) is 1. The van der Waals surface area contributed by atoms with Crippen molar-refractivity contribution in [3.8, 4) is 28.6 Å². The number of methoxy groups -OCH3 is 1. The van der Waals surface area contributed by atoms with Crippen LogP contribution in [0.3, 0.4) is 0 Å². The number of rotatable bonds is 8. The number of thioether (sulfide) groups is 1. The van der Waals surface area contributed by atoms with Gasteiger partial charge in [-0.25, -0.2) is 14.5 Å². The molecule has 1 aliphatic heterocycles. The van der Waals surface area contributed by atoms with Crippen LogP contribution in [0.25, 0.3) is 22.6 Å². The van der Waals surface area contributed by atoms with E-state index in [4.69, 9.17) is 4.74 Å². The van der Waals surface area contributed by atoms with Gasteiger partial charge in [0.25, 0.3) is 0 Å². The Labute approximate surface area is 262 Å². The third-order valence-electron chi connectivity index (χ3n) is 6.96. The molecule has 0 unspecified atom stereocenters. The van der Waals surface area contributed by atoms with Crippen molar-refractivity contribution >= 4 is 34.2 Å². The number of carbonyl (C=O) groups excluding carboxylic acids is 1. The summed E-state index contributed by atoms with van der Waals surface area (Å²) in [6, 6.07) is 18.3. The Bertz CT molecular complexity index is 1720. The topological polar surface area (TPSA) is 93.9 Å². The molecule has 13 heteroatoms. The number of aromatic nitrogens is 3. The summed E-state index contributed by atoms with van der Waals surface area (Å²) in [5, 5.41) is 7.85.